The number of ether oxygens (including phenoxy) is 1. The summed E-state index contributed by atoms with van der Waals surface area (Å²) in [6.45, 7) is 5.36. The number of rotatable bonds is 4. The van der Waals surface area contributed by atoms with Crippen molar-refractivity contribution in [3.8, 4) is 0 Å². The van der Waals surface area contributed by atoms with Crippen molar-refractivity contribution in [2.45, 2.75) is 45.8 Å². The third-order valence-electron chi connectivity index (χ3n) is 4.21. The minimum absolute atomic E-state index is 0.577. The quantitative estimate of drug-likeness (QED) is 0.855. The summed E-state index contributed by atoms with van der Waals surface area (Å²) >= 11 is 3.62. The van der Waals surface area contributed by atoms with Gasteiger partial charge in [-0.25, -0.2) is 0 Å². The van der Waals surface area contributed by atoms with E-state index in [1.54, 1.807) is 7.11 Å². The highest BCUT2D eigenvalue weighted by Crippen LogP contribution is 2.33. The summed E-state index contributed by atoms with van der Waals surface area (Å²) in [6.07, 6.45) is 3.95. The summed E-state index contributed by atoms with van der Waals surface area (Å²) in [4.78, 5) is 0. The molecule has 2 rings (SSSR count). The Bertz CT molecular complexity index is 421. The lowest BCUT2D eigenvalue weighted by Crippen LogP contribution is -2.33. The average Bonchev–Trinajstić information content (AvgIpc) is 2.38. The van der Waals surface area contributed by atoms with Crippen LogP contribution >= 0.6 is 15.9 Å². The highest BCUT2D eigenvalue weighted by Gasteiger charge is 2.25. The van der Waals surface area contributed by atoms with Crippen LogP contribution in [0.4, 0.5) is 5.69 Å². The van der Waals surface area contributed by atoms with Crippen LogP contribution in [0.15, 0.2) is 22.7 Å². The van der Waals surface area contributed by atoms with Crippen molar-refractivity contribution < 1.29 is 4.74 Å². The van der Waals surface area contributed by atoms with Crippen molar-refractivity contribution in [3.63, 3.8) is 0 Å². The van der Waals surface area contributed by atoms with Gasteiger partial charge in [-0.1, -0.05) is 42.3 Å². The maximum atomic E-state index is 5.32. The van der Waals surface area contributed by atoms with Crippen LogP contribution in [0.25, 0.3) is 0 Å². The molecule has 1 aromatic carbocycles. The summed E-state index contributed by atoms with van der Waals surface area (Å²) < 4.78 is 6.44. The van der Waals surface area contributed by atoms with Crippen molar-refractivity contribution in [3.05, 3.63) is 28.2 Å². The van der Waals surface area contributed by atoms with Gasteiger partial charge in [-0.05, 0) is 36.8 Å². The first-order valence-electron chi connectivity index (χ1n) is 7.14. The molecule has 0 saturated heterocycles. The number of nitrogens with one attached hydrogen (secondary N) is 1. The molecule has 1 aliphatic rings. The highest BCUT2D eigenvalue weighted by molar-refractivity contribution is 9.10. The third-order valence-corrected chi connectivity index (χ3v) is 4.95. The van der Waals surface area contributed by atoms with Gasteiger partial charge in [-0.2, -0.15) is 0 Å². The molecule has 0 radical (unpaired) electrons. The number of hydrogen-bond donors (Lipinski definition) is 1. The molecule has 3 heteroatoms. The van der Waals surface area contributed by atoms with Crippen molar-refractivity contribution in [2.75, 3.05) is 12.4 Å². The second-order valence-electron chi connectivity index (χ2n) is 5.85. The van der Waals surface area contributed by atoms with Gasteiger partial charge in [-0.15, -0.1) is 0 Å². The fourth-order valence-corrected chi connectivity index (χ4v) is 3.40. The highest BCUT2D eigenvalue weighted by atomic mass is 79.9. The first-order chi connectivity index (χ1) is 9.11. The largest absolute Gasteiger partial charge is 0.382 e. The Kier molecular flexibility index (Phi) is 5.28. The minimum atomic E-state index is 0.577. The first-order valence-corrected chi connectivity index (χ1v) is 7.94. The van der Waals surface area contributed by atoms with Gasteiger partial charge < -0.3 is 10.1 Å². The van der Waals surface area contributed by atoms with Gasteiger partial charge >= 0.3 is 0 Å². The molecule has 0 aromatic heterocycles. The summed E-state index contributed by atoms with van der Waals surface area (Å²) in [5, 5.41) is 3.75. The van der Waals surface area contributed by atoms with Crippen LogP contribution in [-0.4, -0.2) is 13.2 Å². The van der Waals surface area contributed by atoms with Gasteiger partial charge in [0.05, 0.1) is 6.61 Å². The van der Waals surface area contributed by atoms with E-state index in [0.717, 1.165) is 16.3 Å². The van der Waals surface area contributed by atoms with Crippen molar-refractivity contribution in [2.24, 2.45) is 11.8 Å². The molecule has 0 aliphatic heterocycles. The molecule has 1 aliphatic carbocycles. The van der Waals surface area contributed by atoms with E-state index in [9.17, 15) is 0 Å². The second-order valence-corrected chi connectivity index (χ2v) is 6.70. The van der Waals surface area contributed by atoms with Gasteiger partial charge in [0, 0.05) is 28.9 Å². The lowest BCUT2D eigenvalue weighted by molar-refractivity contribution is 0.184. The van der Waals surface area contributed by atoms with Crippen molar-refractivity contribution >= 4 is 21.6 Å². The normalized spacial score (nSPS) is 27.3. The lowest BCUT2D eigenvalue weighted by Gasteiger charge is -2.34. The van der Waals surface area contributed by atoms with Crippen molar-refractivity contribution in [1.29, 1.82) is 0 Å². The smallest absolute Gasteiger partial charge is 0.0744 e. The molecule has 0 bridgehead atoms. The molecular formula is C16H24BrNO. The van der Waals surface area contributed by atoms with Gasteiger partial charge in [-0.3, -0.25) is 0 Å². The van der Waals surface area contributed by atoms with Gasteiger partial charge in [0.2, 0.25) is 0 Å². The molecule has 19 heavy (non-hydrogen) atoms. The van der Waals surface area contributed by atoms with Crippen LogP contribution in [0.1, 0.15) is 38.7 Å². The number of halogens is 1. The van der Waals surface area contributed by atoms with Gasteiger partial charge in [0.25, 0.3) is 0 Å². The van der Waals surface area contributed by atoms with Crippen LogP contribution in [-0.2, 0) is 11.3 Å². The van der Waals surface area contributed by atoms with E-state index >= 15 is 0 Å². The zero-order valence-corrected chi connectivity index (χ0v) is 13.7. The van der Waals surface area contributed by atoms with E-state index in [-0.39, 0.29) is 0 Å². The zero-order valence-electron chi connectivity index (χ0n) is 12.1. The average molecular weight is 326 g/mol. The Morgan fingerprint density at radius 3 is 2.84 bits per heavy atom. The number of hydrogen-bond acceptors (Lipinski definition) is 2. The molecule has 1 fully saturated rings. The van der Waals surface area contributed by atoms with Crippen LogP contribution in [0.3, 0.4) is 0 Å². The standard InChI is InChI=1S/C16H24BrNO/c1-11-7-8-12(2)16(9-11)18-15-6-4-5-14(17)13(15)10-19-3/h4-6,11-12,16,18H,7-10H2,1-3H3. The third kappa shape index (κ3) is 3.73. The molecule has 0 amide bonds. The Balaban J connectivity index is 2.15. The van der Waals surface area contributed by atoms with Crippen LogP contribution < -0.4 is 5.32 Å². The van der Waals surface area contributed by atoms with E-state index in [1.165, 1.54) is 30.5 Å². The van der Waals surface area contributed by atoms with Crippen molar-refractivity contribution in [1.82, 2.24) is 0 Å². The number of benzene rings is 1. The molecule has 106 valence electrons. The Labute approximate surface area is 125 Å². The first kappa shape index (κ1) is 14.9. The molecule has 1 aromatic rings. The maximum absolute atomic E-state index is 5.32. The van der Waals surface area contributed by atoms with E-state index in [2.05, 4.69) is 53.3 Å². The summed E-state index contributed by atoms with van der Waals surface area (Å²) in [5.74, 6) is 1.57. The van der Waals surface area contributed by atoms with Crippen LogP contribution in [0.5, 0.6) is 0 Å². The molecular weight excluding hydrogens is 302 g/mol. The zero-order chi connectivity index (χ0) is 13.8. The van der Waals surface area contributed by atoms with Gasteiger partial charge in [0.1, 0.15) is 0 Å². The topological polar surface area (TPSA) is 21.3 Å². The Morgan fingerprint density at radius 2 is 2.11 bits per heavy atom. The van der Waals surface area contributed by atoms with Crippen LogP contribution in [0, 0.1) is 11.8 Å². The molecule has 0 heterocycles. The molecule has 0 spiro atoms. The molecule has 1 N–H and O–H groups in total. The second kappa shape index (κ2) is 6.76. The molecule has 3 atom stereocenters. The van der Waals surface area contributed by atoms with E-state index < -0.39 is 0 Å². The predicted molar refractivity (Wildman–Crippen MR) is 84.4 cm³/mol. The lowest BCUT2D eigenvalue weighted by atomic mass is 9.80. The fourth-order valence-electron chi connectivity index (χ4n) is 2.92. The molecule has 1 saturated carbocycles. The van der Waals surface area contributed by atoms with Gasteiger partial charge in [0.15, 0.2) is 0 Å². The summed E-state index contributed by atoms with van der Waals surface area (Å²) in [7, 11) is 1.74. The fraction of sp³-hybridized carbons (Fsp3) is 0.625. The Hall–Kier alpha value is -0.540. The minimum Gasteiger partial charge on any atom is -0.382 e. The number of anilines is 1. The molecule has 3 unspecified atom stereocenters. The van der Waals surface area contributed by atoms with E-state index in [1.807, 2.05) is 0 Å². The van der Waals surface area contributed by atoms with E-state index in [4.69, 9.17) is 4.74 Å². The summed E-state index contributed by atoms with van der Waals surface area (Å²) in [5.41, 5.74) is 2.43. The SMILES string of the molecule is COCc1c(Br)cccc1NC1CC(C)CCC1C. The number of methoxy groups -OCH3 is 1. The molecule has 2 nitrogen and oxygen atoms in total. The van der Waals surface area contributed by atoms with E-state index in [0.29, 0.717) is 12.6 Å². The summed E-state index contributed by atoms with van der Waals surface area (Å²) in [6, 6.07) is 6.90. The van der Waals surface area contributed by atoms with Crippen LogP contribution in [0.2, 0.25) is 0 Å². The monoisotopic (exact) mass is 325 g/mol. The maximum Gasteiger partial charge on any atom is 0.0744 e. The Morgan fingerprint density at radius 1 is 1.32 bits per heavy atom. The predicted octanol–water partition coefficient (Wildman–Crippen LogP) is 4.83.